The molecule has 1 nitrogen and oxygen atoms in total. The molecule has 0 aliphatic carbocycles. The van der Waals surface area contributed by atoms with E-state index in [1.807, 2.05) is 12.1 Å². The number of hydrogen-bond donors (Lipinski definition) is 1. The van der Waals surface area contributed by atoms with E-state index in [0.29, 0.717) is 0 Å². The molecule has 0 fully saturated rings. The summed E-state index contributed by atoms with van der Waals surface area (Å²) in [6.07, 6.45) is 3.63. The van der Waals surface area contributed by atoms with E-state index in [9.17, 15) is 0 Å². The lowest BCUT2D eigenvalue weighted by atomic mass is 10.2. The van der Waals surface area contributed by atoms with Crippen molar-refractivity contribution >= 4 is 12.6 Å². The van der Waals surface area contributed by atoms with Crippen molar-refractivity contribution in [3.63, 3.8) is 0 Å². The van der Waals surface area contributed by atoms with Gasteiger partial charge in [-0.3, -0.25) is 0 Å². The molecule has 0 bridgehead atoms. The average Bonchev–Trinajstić information content (AvgIpc) is 2.25. The maximum Gasteiger partial charge on any atom is 0.119 e. The molecule has 1 rings (SSSR count). The van der Waals surface area contributed by atoms with E-state index in [0.717, 1.165) is 24.5 Å². The molecule has 0 radical (unpaired) electrons. The Morgan fingerprint density at radius 3 is 2.43 bits per heavy atom. The molecular weight excluding hydrogens is 192 g/mol. The maximum atomic E-state index is 5.58. The van der Waals surface area contributed by atoms with E-state index in [1.54, 1.807) is 0 Å². The van der Waals surface area contributed by atoms with Crippen molar-refractivity contribution in [2.24, 2.45) is 0 Å². The van der Waals surface area contributed by atoms with Gasteiger partial charge in [-0.1, -0.05) is 31.9 Å². The highest BCUT2D eigenvalue weighted by Gasteiger charge is 1.93. The molecule has 14 heavy (non-hydrogen) atoms. The highest BCUT2D eigenvalue weighted by Crippen LogP contribution is 2.13. The molecule has 0 N–H and O–H groups in total. The third kappa shape index (κ3) is 4.05. The Bertz CT molecular complexity index is 243. The van der Waals surface area contributed by atoms with Crippen LogP contribution >= 0.6 is 12.6 Å². The first-order valence-electron chi connectivity index (χ1n) is 5.19. The van der Waals surface area contributed by atoms with Gasteiger partial charge in [-0.25, -0.2) is 0 Å². The van der Waals surface area contributed by atoms with E-state index < -0.39 is 0 Å². The minimum atomic E-state index is 0.788. The molecule has 0 aliphatic heterocycles. The first kappa shape index (κ1) is 11.4. The molecule has 0 aliphatic rings. The summed E-state index contributed by atoms with van der Waals surface area (Å²) < 4.78 is 5.58. The Morgan fingerprint density at radius 1 is 1.14 bits per heavy atom. The molecule has 0 saturated heterocycles. The van der Waals surface area contributed by atoms with Crippen molar-refractivity contribution in [2.45, 2.75) is 31.9 Å². The SMILES string of the molecule is CCCCCOc1ccc(CS)cc1. The Kier molecular flexibility index (Phi) is 5.53. The summed E-state index contributed by atoms with van der Waals surface area (Å²) in [5.74, 6) is 1.75. The summed E-state index contributed by atoms with van der Waals surface area (Å²) in [6.45, 7) is 3.02. The zero-order chi connectivity index (χ0) is 10.2. The van der Waals surface area contributed by atoms with Gasteiger partial charge in [0.15, 0.2) is 0 Å². The summed E-state index contributed by atoms with van der Waals surface area (Å²) in [5.41, 5.74) is 1.23. The average molecular weight is 210 g/mol. The molecule has 0 saturated carbocycles. The van der Waals surface area contributed by atoms with Gasteiger partial charge in [-0.05, 0) is 24.1 Å². The number of rotatable bonds is 6. The Labute approximate surface area is 91.9 Å². The van der Waals surface area contributed by atoms with Gasteiger partial charge in [-0.15, -0.1) is 0 Å². The molecule has 0 heterocycles. The molecular formula is C12H18OS. The van der Waals surface area contributed by atoms with Crippen LogP contribution in [0.1, 0.15) is 31.7 Å². The second kappa shape index (κ2) is 6.77. The van der Waals surface area contributed by atoms with E-state index >= 15 is 0 Å². The molecule has 0 unspecified atom stereocenters. The van der Waals surface area contributed by atoms with Crippen molar-refractivity contribution < 1.29 is 4.74 Å². The van der Waals surface area contributed by atoms with Crippen LogP contribution in [0.5, 0.6) is 5.75 Å². The smallest absolute Gasteiger partial charge is 0.119 e. The van der Waals surface area contributed by atoms with Crippen LogP contribution in [0.4, 0.5) is 0 Å². The Hall–Kier alpha value is -0.630. The summed E-state index contributed by atoms with van der Waals surface area (Å²) in [5, 5.41) is 0. The predicted octanol–water partition coefficient (Wildman–Crippen LogP) is 3.69. The van der Waals surface area contributed by atoms with Gasteiger partial charge in [0.2, 0.25) is 0 Å². The summed E-state index contributed by atoms with van der Waals surface area (Å²) in [7, 11) is 0. The van der Waals surface area contributed by atoms with Crippen LogP contribution in [0.15, 0.2) is 24.3 Å². The van der Waals surface area contributed by atoms with Crippen molar-refractivity contribution in [1.82, 2.24) is 0 Å². The van der Waals surface area contributed by atoms with Crippen LogP contribution in [0.25, 0.3) is 0 Å². The van der Waals surface area contributed by atoms with Crippen LogP contribution in [0, 0.1) is 0 Å². The quantitative estimate of drug-likeness (QED) is 0.556. The van der Waals surface area contributed by atoms with Crippen molar-refractivity contribution in [3.05, 3.63) is 29.8 Å². The first-order chi connectivity index (χ1) is 6.86. The molecule has 2 heteroatoms. The van der Waals surface area contributed by atoms with Gasteiger partial charge in [0.25, 0.3) is 0 Å². The number of hydrogen-bond acceptors (Lipinski definition) is 2. The normalized spacial score (nSPS) is 10.1. The summed E-state index contributed by atoms with van der Waals surface area (Å²) in [6, 6.07) is 8.14. The van der Waals surface area contributed by atoms with Gasteiger partial charge in [-0.2, -0.15) is 12.6 Å². The fraction of sp³-hybridized carbons (Fsp3) is 0.500. The molecule has 0 aromatic heterocycles. The van der Waals surface area contributed by atoms with Crippen LogP contribution in [-0.2, 0) is 5.75 Å². The number of benzene rings is 1. The van der Waals surface area contributed by atoms with Crippen molar-refractivity contribution in [2.75, 3.05) is 6.61 Å². The molecule has 1 aromatic carbocycles. The zero-order valence-electron chi connectivity index (χ0n) is 8.70. The fourth-order valence-corrected chi connectivity index (χ4v) is 1.44. The lowest BCUT2D eigenvalue weighted by molar-refractivity contribution is 0.306. The summed E-state index contributed by atoms with van der Waals surface area (Å²) >= 11 is 4.20. The molecule has 0 atom stereocenters. The fourth-order valence-electron chi connectivity index (χ4n) is 1.23. The van der Waals surface area contributed by atoms with Gasteiger partial charge < -0.3 is 4.74 Å². The zero-order valence-corrected chi connectivity index (χ0v) is 9.59. The highest BCUT2D eigenvalue weighted by atomic mass is 32.1. The van der Waals surface area contributed by atoms with Crippen LogP contribution in [0.2, 0.25) is 0 Å². The van der Waals surface area contributed by atoms with Gasteiger partial charge in [0.1, 0.15) is 5.75 Å². The van der Waals surface area contributed by atoms with Crippen molar-refractivity contribution in [3.8, 4) is 5.75 Å². The first-order valence-corrected chi connectivity index (χ1v) is 5.82. The van der Waals surface area contributed by atoms with Crippen molar-refractivity contribution in [1.29, 1.82) is 0 Å². The van der Waals surface area contributed by atoms with E-state index in [-0.39, 0.29) is 0 Å². The van der Waals surface area contributed by atoms with E-state index in [4.69, 9.17) is 4.74 Å². The van der Waals surface area contributed by atoms with Crippen LogP contribution < -0.4 is 4.74 Å². The topological polar surface area (TPSA) is 9.23 Å². The molecule has 0 spiro atoms. The second-order valence-electron chi connectivity index (χ2n) is 3.36. The van der Waals surface area contributed by atoms with Gasteiger partial charge in [0.05, 0.1) is 6.61 Å². The minimum absolute atomic E-state index is 0.788. The third-order valence-electron chi connectivity index (χ3n) is 2.12. The molecule has 1 aromatic rings. The number of unbranched alkanes of at least 4 members (excludes halogenated alkanes) is 2. The standard InChI is InChI=1S/C12H18OS/c1-2-3-4-9-13-12-7-5-11(10-14)6-8-12/h5-8,14H,2-4,9-10H2,1H3. The number of ether oxygens (including phenoxy) is 1. The molecule has 0 amide bonds. The summed E-state index contributed by atoms with van der Waals surface area (Å²) in [4.78, 5) is 0. The number of thiol groups is 1. The van der Waals surface area contributed by atoms with Gasteiger partial charge >= 0.3 is 0 Å². The van der Waals surface area contributed by atoms with Crippen LogP contribution in [-0.4, -0.2) is 6.61 Å². The maximum absolute atomic E-state index is 5.58. The van der Waals surface area contributed by atoms with E-state index in [1.165, 1.54) is 18.4 Å². The largest absolute Gasteiger partial charge is 0.494 e. The Morgan fingerprint density at radius 2 is 1.86 bits per heavy atom. The third-order valence-corrected chi connectivity index (χ3v) is 2.49. The van der Waals surface area contributed by atoms with Gasteiger partial charge in [0, 0.05) is 5.75 Å². The minimum Gasteiger partial charge on any atom is -0.494 e. The van der Waals surface area contributed by atoms with E-state index in [2.05, 4.69) is 31.7 Å². The Balaban J connectivity index is 2.29. The lowest BCUT2D eigenvalue weighted by Gasteiger charge is -2.05. The predicted molar refractivity (Wildman–Crippen MR) is 64.2 cm³/mol. The highest BCUT2D eigenvalue weighted by molar-refractivity contribution is 7.79. The monoisotopic (exact) mass is 210 g/mol. The molecule has 78 valence electrons. The second-order valence-corrected chi connectivity index (χ2v) is 3.67. The lowest BCUT2D eigenvalue weighted by Crippen LogP contribution is -1.96. The van der Waals surface area contributed by atoms with Crippen LogP contribution in [0.3, 0.4) is 0 Å².